The molecule has 1 N–H and O–H groups in total. The first-order valence-electron chi connectivity index (χ1n) is 4.21. The molecule has 1 aliphatic rings. The molecule has 0 bridgehead atoms. The lowest BCUT2D eigenvalue weighted by atomic mass is 10.2. The van der Waals surface area contributed by atoms with Crippen molar-refractivity contribution in [1.82, 2.24) is 4.90 Å². The number of rotatable bonds is 2. The van der Waals surface area contributed by atoms with Crippen molar-refractivity contribution in [3.63, 3.8) is 0 Å². The van der Waals surface area contributed by atoms with Gasteiger partial charge in [0.1, 0.15) is 0 Å². The highest BCUT2D eigenvalue weighted by Crippen LogP contribution is 2.06. The molecule has 0 aromatic carbocycles. The Morgan fingerprint density at radius 2 is 1.82 bits per heavy atom. The van der Waals surface area contributed by atoms with Crippen molar-refractivity contribution in [2.24, 2.45) is 0 Å². The van der Waals surface area contributed by atoms with E-state index in [9.17, 15) is 5.11 Å². The van der Waals surface area contributed by atoms with Crippen LogP contribution in [0.1, 0.15) is 13.8 Å². The fraction of sp³-hybridized carbons (Fsp3) is 1.00. The van der Waals surface area contributed by atoms with Gasteiger partial charge < -0.3 is 9.84 Å². The highest BCUT2D eigenvalue weighted by Gasteiger charge is 2.19. The summed E-state index contributed by atoms with van der Waals surface area (Å²) in [6.45, 7) is 7.39. The minimum Gasteiger partial charge on any atom is -0.392 e. The summed E-state index contributed by atoms with van der Waals surface area (Å²) in [4.78, 5) is 2.26. The zero-order chi connectivity index (χ0) is 8.27. The Kier molecular flexibility index (Phi) is 3.30. The van der Waals surface area contributed by atoms with E-state index in [1.807, 2.05) is 6.92 Å². The maximum atomic E-state index is 9.29. The second-order valence-electron chi connectivity index (χ2n) is 3.13. The van der Waals surface area contributed by atoms with E-state index < -0.39 is 0 Å². The van der Waals surface area contributed by atoms with Crippen molar-refractivity contribution in [3.8, 4) is 0 Å². The van der Waals surface area contributed by atoms with E-state index in [0.29, 0.717) is 0 Å². The van der Waals surface area contributed by atoms with Gasteiger partial charge in [-0.3, -0.25) is 4.90 Å². The molecule has 1 fully saturated rings. The average molecular weight is 159 g/mol. The van der Waals surface area contributed by atoms with Crippen molar-refractivity contribution in [2.45, 2.75) is 26.0 Å². The van der Waals surface area contributed by atoms with Gasteiger partial charge in [-0.25, -0.2) is 0 Å². The van der Waals surface area contributed by atoms with Crippen molar-refractivity contribution < 1.29 is 9.84 Å². The summed E-state index contributed by atoms with van der Waals surface area (Å²) in [5.41, 5.74) is 0. The molecule has 3 heteroatoms. The Labute approximate surface area is 68.0 Å². The molecule has 0 amide bonds. The number of morpholine rings is 1. The third-order valence-electron chi connectivity index (χ3n) is 2.32. The SMILES string of the molecule is C[C@H](O)[C@@H](C)N1CCOCC1. The summed E-state index contributed by atoms with van der Waals surface area (Å²) in [7, 11) is 0. The first kappa shape index (κ1) is 8.97. The van der Waals surface area contributed by atoms with E-state index in [1.165, 1.54) is 0 Å². The lowest BCUT2D eigenvalue weighted by molar-refractivity contribution is -0.0111. The summed E-state index contributed by atoms with van der Waals surface area (Å²) in [5.74, 6) is 0. The number of aliphatic hydroxyl groups is 1. The molecule has 1 rings (SSSR count). The van der Waals surface area contributed by atoms with Gasteiger partial charge in [0.2, 0.25) is 0 Å². The quantitative estimate of drug-likeness (QED) is 0.619. The van der Waals surface area contributed by atoms with Gasteiger partial charge in [0, 0.05) is 19.1 Å². The van der Waals surface area contributed by atoms with Crippen LogP contribution in [-0.4, -0.2) is 48.5 Å². The van der Waals surface area contributed by atoms with Crippen LogP contribution in [0.3, 0.4) is 0 Å². The van der Waals surface area contributed by atoms with Crippen LogP contribution < -0.4 is 0 Å². The van der Waals surface area contributed by atoms with Gasteiger partial charge in [0.05, 0.1) is 19.3 Å². The van der Waals surface area contributed by atoms with Gasteiger partial charge >= 0.3 is 0 Å². The number of ether oxygens (including phenoxy) is 1. The molecule has 1 heterocycles. The van der Waals surface area contributed by atoms with Crippen LogP contribution in [0, 0.1) is 0 Å². The number of hydrogen-bond donors (Lipinski definition) is 1. The van der Waals surface area contributed by atoms with Crippen LogP contribution in [0.4, 0.5) is 0 Å². The second kappa shape index (κ2) is 4.04. The Balaban J connectivity index is 2.32. The van der Waals surface area contributed by atoms with E-state index in [-0.39, 0.29) is 12.1 Å². The molecule has 11 heavy (non-hydrogen) atoms. The van der Waals surface area contributed by atoms with E-state index in [0.717, 1.165) is 26.3 Å². The van der Waals surface area contributed by atoms with Gasteiger partial charge in [0.15, 0.2) is 0 Å². The van der Waals surface area contributed by atoms with Crippen molar-refractivity contribution >= 4 is 0 Å². The lowest BCUT2D eigenvalue weighted by Gasteiger charge is -2.33. The molecule has 0 unspecified atom stereocenters. The van der Waals surface area contributed by atoms with Crippen LogP contribution >= 0.6 is 0 Å². The van der Waals surface area contributed by atoms with E-state index >= 15 is 0 Å². The van der Waals surface area contributed by atoms with Crippen LogP contribution in [0.5, 0.6) is 0 Å². The molecule has 0 spiro atoms. The molecule has 1 aliphatic heterocycles. The third kappa shape index (κ3) is 2.43. The molecule has 0 radical (unpaired) electrons. The first-order chi connectivity index (χ1) is 5.22. The van der Waals surface area contributed by atoms with Crippen molar-refractivity contribution in [3.05, 3.63) is 0 Å². The topological polar surface area (TPSA) is 32.7 Å². The summed E-state index contributed by atoms with van der Waals surface area (Å²) in [6, 6.07) is 0.263. The van der Waals surface area contributed by atoms with E-state index in [1.54, 1.807) is 0 Å². The average Bonchev–Trinajstić information content (AvgIpc) is 2.05. The molecule has 0 saturated carbocycles. The predicted octanol–water partition coefficient (Wildman–Crippen LogP) is 0.0879. The maximum absolute atomic E-state index is 9.29. The fourth-order valence-electron chi connectivity index (χ4n) is 1.29. The summed E-state index contributed by atoms with van der Waals surface area (Å²) >= 11 is 0. The first-order valence-corrected chi connectivity index (χ1v) is 4.21. The molecule has 1 saturated heterocycles. The van der Waals surface area contributed by atoms with Crippen molar-refractivity contribution in [1.29, 1.82) is 0 Å². The molecule has 0 aliphatic carbocycles. The minimum atomic E-state index is -0.243. The van der Waals surface area contributed by atoms with Crippen LogP contribution in [0.2, 0.25) is 0 Å². The van der Waals surface area contributed by atoms with Gasteiger partial charge in [-0.05, 0) is 13.8 Å². The number of aliphatic hydroxyl groups excluding tert-OH is 1. The predicted molar refractivity (Wildman–Crippen MR) is 43.5 cm³/mol. The van der Waals surface area contributed by atoms with Gasteiger partial charge in [-0.15, -0.1) is 0 Å². The van der Waals surface area contributed by atoms with E-state index in [2.05, 4.69) is 11.8 Å². The van der Waals surface area contributed by atoms with Crippen LogP contribution in [-0.2, 0) is 4.74 Å². The summed E-state index contributed by atoms with van der Waals surface area (Å²) in [6.07, 6.45) is -0.243. The Hall–Kier alpha value is -0.120. The number of hydrogen-bond acceptors (Lipinski definition) is 3. The maximum Gasteiger partial charge on any atom is 0.0664 e. The van der Waals surface area contributed by atoms with Crippen LogP contribution in [0.25, 0.3) is 0 Å². The lowest BCUT2D eigenvalue weighted by Crippen LogP contribution is -2.46. The van der Waals surface area contributed by atoms with E-state index in [4.69, 9.17) is 4.74 Å². The largest absolute Gasteiger partial charge is 0.392 e. The Morgan fingerprint density at radius 3 is 2.27 bits per heavy atom. The fourth-order valence-corrected chi connectivity index (χ4v) is 1.29. The monoisotopic (exact) mass is 159 g/mol. The zero-order valence-electron chi connectivity index (χ0n) is 7.29. The van der Waals surface area contributed by atoms with Crippen molar-refractivity contribution in [2.75, 3.05) is 26.3 Å². The van der Waals surface area contributed by atoms with Gasteiger partial charge in [0.25, 0.3) is 0 Å². The normalized spacial score (nSPS) is 26.5. The molecule has 0 aromatic heterocycles. The standard InChI is InChI=1S/C8H17NO2/c1-7(8(2)10)9-3-5-11-6-4-9/h7-8,10H,3-6H2,1-2H3/t7-,8+/m1/s1. The number of nitrogens with zero attached hydrogens (tertiary/aromatic N) is 1. The second-order valence-corrected chi connectivity index (χ2v) is 3.13. The molecule has 3 nitrogen and oxygen atoms in total. The molecular weight excluding hydrogens is 142 g/mol. The Morgan fingerprint density at radius 1 is 1.27 bits per heavy atom. The van der Waals surface area contributed by atoms with Gasteiger partial charge in [-0.1, -0.05) is 0 Å². The highest BCUT2D eigenvalue weighted by molar-refractivity contribution is 4.73. The molecule has 2 atom stereocenters. The molecular formula is C8H17NO2. The van der Waals surface area contributed by atoms with Gasteiger partial charge in [-0.2, -0.15) is 0 Å². The summed E-state index contributed by atoms with van der Waals surface area (Å²) < 4.78 is 5.21. The Bertz CT molecular complexity index is 111. The molecule has 66 valence electrons. The minimum absolute atomic E-state index is 0.243. The smallest absolute Gasteiger partial charge is 0.0664 e. The summed E-state index contributed by atoms with van der Waals surface area (Å²) in [5, 5.41) is 9.29. The molecule has 0 aromatic rings. The highest BCUT2D eigenvalue weighted by atomic mass is 16.5. The van der Waals surface area contributed by atoms with Crippen LogP contribution in [0.15, 0.2) is 0 Å². The third-order valence-corrected chi connectivity index (χ3v) is 2.32. The zero-order valence-corrected chi connectivity index (χ0v) is 7.29.